The highest BCUT2D eigenvalue weighted by Crippen LogP contribution is 2.23. The van der Waals surface area contributed by atoms with Gasteiger partial charge in [0, 0.05) is 12.2 Å². The van der Waals surface area contributed by atoms with Crippen molar-refractivity contribution in [2.24, 2.45) is 0 Å². The van der Waals surface area contributed by atoms with Crippen molar-refractivity contribution in [2.45, 2.75) is 20.0 Å². The second-order valence-electron chi connectivity index (χ2n) is 4.52. The van der Waals surface area contributed by atoms with E-state index in [-0.39, 0.29) is 12.2 Å². The van der Waals surface area contributed by atoms with Crippen molar-refractivity contribution in [3.8, 4) is 0 Å². The topological polar surface area (TPSA) is 41.6 Å². The first-order chi connectivity index (χ1) is 8.10. The first-order valence-corrected chi connectivity index (χ1v) is 5.81. The van der Waals surface area contributed by atoms with E-state index in [2.05, 4.69) is 11.4 Å². The van der Waals surface area contributed by atoms with Crippen LogP contribution in [0.1, 0.15) is 11.1 Å². The number of hydrogen-bond donors (Lipinski definition) is 1. The van der Waals surface area contributed by atoms with Crippen molar-refractivity contribution in [2.75, 3.05) is 25.0 Å². The van der Waals surface area contributed by atoms with Crippen molar-refractivity contribution in [3.05, 3.63) is 29.3 Å². The highest BCUT2D eigenvalue weighted by Gasteiger charge is 2.31. The minimum Gasteiger partial charge on any atom is -0.443 e. The van der Waals surface area contributed by atoms with Gasteiger partial charge in [0.05, 0.1) is 6.54 Å². The summed E-state index contributed by atoms with van der Waals surface area (Å²) in [5.41, 5.74) is 3.24. The largest absolute Gasteiger partial charge is 0.443 e. The second kappa shape index (κ2) is 4.75. The predicted molar refractivity (Wildman–Crippen MR) is 67.5 cm³/mol. The van der Waals surface area contributed by atoms with Crippen LogP contribution in [-0.2, 0) is 4.74 Å². The molecule has 1 saturated heterocycles. The smallest absolute Gasteiger partial charge is 0.414 e. The number of carbonyl (C=O) groups is 1. The van der Waals surface area contributed by atoms with Crippen LogP contribution < -0.4 is 10.2 Å². The number of benzene rings is 1. The highest BCUT2D eigenvalue weighted by atomic mass is 16.6. The number of nitrogens with one attached hydrogen (secondary N) is 1. The van der Waals surface area contributed by atoms with Crippen LogP contribution in [0.4, 0.5) is 10.5 Å². The molecule has 4 heteroatoms. The molecular formula is C13H18N2O2. The summed E-state index contributed by atoms with van der Waals surface area (Å²) in [7, 11) is 1.85. The maximum Gasteiger partial charge on any atom is 0.414 e. The molecule has 0 spiro atoms. The van der Waals surface area contributed by atoms with Crippen LogP contribution in [0.3, 0.4) is 0 Å². The Kier molecular flexibility index (Phi) is 3.33. The third kappa shape index (κ3) is 2.58. The quantitative estimate of drug-likeness (QED) is 0.867. The standard InChI is InChI=1S/C13H18N2O2/c1-9-4-10(2)6-11(5-9)15-8-12(7-14-3)17-13(15)16/h4-6,12,14H,7-8H2,1-3H3. The van der Waals surface area contributed by atoms with Crippen molar-refractivity contribution in [3.63, 3.8) is 0 Å². The Morgan fingerprint density at radius 3 is 2.59 bits per heavy atom. The summed E-state index contributed by atoms with van der Waals surface area (Å²) >= 11 is 0. The third-order valence-electron chi connectivity index (χ3n) is 2.82. The minimum absolute atomic E-state index is 0.0617. The summed E-state index contributed by atoms with van der Waals surface area (Å²) in [5.74, 6) is 0. The summed E-state index contributed by atoms with van der Waals surface area (Å²) in [6.45, 7) is 5.36. The fraction of sp³-hybridized carbons (Fsp3) is 0.462. The van der Waals surface area contributed by atoms with Crippen molar-refractivity contribution >= 4 is 11.8 Å². The molecule has 0 aliphatic carbocycles. The zero-order chi connectivity index (χ0) is 12.4. The molecule has 0 saturated carbocycles. The Morgan fingerprint density at radius 1 is 1.35 bits per heavy atom. The lowest BCUT2D eigenvalue weighted by Gasteiger charge is -2.14. The molecule has 0 aromatic heterocycles. The lowest BCUT2D eigenvalue weighted by atomic mass is 10.1. The van der Waals surface area contributed by atoms with Gasteiger partial charge in [-0.05, 0) is 44.2 Å². The van der Waals surface area contributed by atoms with Gasteiger partial charge >= 0.3 is 6.09 Å². The fourth-order valence-corrected chi connectivity index (χ4v) is 2.17. The first-order valence-electron chi connectivity index (χ1n) is 5.81. The van der Waals surface area contributed by atoms with Gasteiger partial charge in [-0.2, -0.15) is 0 Å². The Hall–Kier alpha value is -1.55. The van der Waals surface area contributed by atoms with Crippen molar-refractivity contribution < 1.29 is 9.53 Å². The number of amides is 1. The Bertz CT molecular complexity index is 411. The highest BCUT2D eigenvalue weighted by molar-refractivity contribution is 5.90. The summed E-state index contributed by atoms with van der Waals surface area (Å²) in [6, 6.07) is 6.11. The zero-order valence-corrected chi connectivity index (χ0v) is 10.5. The van der Waals surface area contributed by atoms with Gasteiger partial charge in [0.25, 0.3) is 0 Å². The molecule has 1 atom stereocenters. The summed E-state index contributed by atoms with van der Waals surface area (Å²) in [6.07, 6.45) is -0.316. The van der Waals surface area contributed by atoms with Gasteiger partial charge < -0.3 is 10.1 Å². The first kappa shape index (κ1) is 11.9. The number of likely N-dealkylation sites (N-methyl/N-ethyl adjacent to an activating group) is 1. The van der Waals surface area contributed by atoms with Crippen LogP contribution in [0.15, 0.2) is 18.2 Å². The van der Waals surface area contributed by atoms with E-state index >= 15 is 0 Å². The molecule has 2 rings (SSSR count). The van der Waals surface area contributed by atoms with E-state index in [4.69, 9.17) is 4.74 Å². The number of anilines is 1. The number of hydrogen-bond acceptors (Lipinski definition) is 3. The van der Waals surface area contributed by atoms with Crippen LogP contribution >= 0.6 is 0 Å². The van der Waals surface area contributed by atoms with Gasteiger partial charge in [0.2, 0.25) is 0 Å². The monoisotopic (exact) mass is 234 g/mol. The predicted octanol–water partition coefficient (Wildman–Crippen LogP) is 1.85. The molecule has 1 amide bonds. The summed E-state index contributed by atoms with van der Waals surface area (Å²) in [5, 5.41) is 3.02. The molecule has 1 aliphatic heterocycles. The van der Waals surface area contributed by atoms with E-state index in [1.165, 1.54) is 0 Å². The third-order valence-corrected chi connectivity index (χ3v) is 2.82. The van der Waals surface area contributed by atoms with Crippen molar-refractivity contribution in [1.82, 2.24) is 5.32 Å². The molecule has 1 aromatic carbocycles. The van der Waals surface area contributed by atoms with Gasteiger partial charge in [-0.15, -0.1) is 0 Å². The van der Waals surface area contributed by atoms with Gasteiger partial charge in [-0.25, -0.2) is 4.79 Å². The van der Waals surface area contributed by atoms with E-state index in [9.17, 15) is 4.79 Å². The van der Waals surface area contributed by atoms with E-state index in [1.807, 2.05) is 33.0 Å². The summed E-state index contributed by atoms with van der Waals surface area (Å²) < 4.78 is 5.27. The molecule has 1 fully saturated rings. The van der Waals surface area contributed by atoms with Crippen LogP contribution in [0, 0.1) is 13.8 Å². The molecular weight excluding hydrogens is 216 g/mol. The van der Waals surface area contributed by atoms with Crippen LogP contribution in [0.5, 0.6) is 0 Å². The molecule has 0 radical (unpaired) electrons. The molecule has 92 valence electrons. The van der Waals surface area contributed by atoms with Gasteiger partial charge in [-0.1, -0.05) is 6.07 Å². The SMILES string of the molecule is CNCC1CN(c2cc(C)cc(C)c2)C(=O)O1. The molecule has 0 bridgehead atoms. The number of aryl methyl sites for hydroxylation is 2. The number of ether oxygens (including phenoxy) is 1. The molecule has 17 heavy (non-hydrogen) atoms. The Balaban J connectivity index is 2.19. The number of rotatable bonds is 3. The average molecular weight is 234 g/mol. The van der Waals surface area contributed by atoms with E-state index < -0.39 is 0 Å². The normalized spacial score (nSPS) is 19.6. The minimum atomic E-state index is -0.254. The maximum absolute atomic E-state index is 11.8. The molecule has 1 unspecified atom stereocenters. The van der Waals surface area contributed by atoms with Crippen LogP contribution in [0.2, 0.25) is 0 Å². The maximum atomic E-state index is 11.8. The molecule has 1 N–H and O–H groups in total. The van der Waals surface area contributed by atoms with Gasteiger partial charge in [-0.3, -0.25) is 4.90 Å². The molecule has 1 aromatic rings. The molecule has 1 heterocycles. The van der Waals surface area contributed by atoms with E-state index in [0.717, 1.165) is 16.8 Å². The fourth-order valence-electron chi connectivity index (χ4n) is 2.17. The zero-order valence-electron chi connectivity index (χ0n) is 10.5. The molecule has 4 nitrogen and oxygen atoms in total. The van der Waals surface area contributed by atoms with Gasteiger partial charge in [0.1, 0.15) is 6.10 Å². The Morgan fingerprint density at radius 2 is 2.00 bits per heavy atom. The average Bonchev–Trinajstić information content (AvgIpc) is 2.58. The number of nitrogens with zero attached hydrogens (tertiary/aromatic N) is 1. The lowest BCUT2D eigenvalue weighted by molar-refractivity contribution is 0.141. The van der Waals surface area contributed by atoms with E-state index in [0.29, 0.717) is 13.1 Å². The summed E-state index contributed by atoms with van der Waals surface area (Å²) in [4.78, 5) is 13.5. The Labute approximate surface area is 102 Å². The second-order valence-corrected chi connectivity index (χ2v) is 4.52. The van der Waals surface area contributed by atoms with Crippen molar-refractivity contribution in [1.29, 1.82) is 0 Å². The van der Waals surface area contributed by atoms with Gasteiger partial charge in [0.15, 0.2) is 0 Å². The van der Waals surface area contributed by atoms with Crippen LogP contribution in [0.25, 0.3) is 0 Å². The van der Waals surface area contributed by atoms with E-state index in [1.54, 1.807) is 4.90 Å². The lowest BCUT2D eigenvalue weighted by Crippen LogP contribution is -2.29. The molecule has 1 aliphatic rings. The number of carbonyl (C=O) groups excluding carboxylic acids is 1. The number of cyclic esters (lactones) is 1. The van der Waals surface area contributed by atoms with Crippen LogP contribution in [-0.4, -0.2) is 32.3 Å².